The molecule has 5 heteroatoms. The lowest BCUT2D eigenvalue weighted by Crippen LogP contribution is -2.01. The first-order valence-corrected chi connectivity index (χ1v) is 16.7. The van der Waals surface area contributed by atoms with Crippen LogP contribution in [0, 0.1) is 0 Å². The lowest BCUT2D eigenvalue weighted by molar-refractivity contribution is 0.669. The van der Waals surface area contributed by atoms with Crippen molar-refractivity contribution in [2.45, 2.75) is 0 Å². The number of para-hydroxylation sites is 4. The van der Waals surface area contributed by atoms with Gasteiger partial charge in [0.15, 0.2) is 17.5 Å². The second-order valence-corrected chi connectivity index (χ2v) is 12.5. The maximum Gasteiger partial charge on any atom is 0.167 e. The number of hydrogen-bond donors (Lipinski definition) is 0. The number of rotatable bonds is 5. The van der Waals surface area contributed by atoms with E-state index in [4.69, 9.17) is 19.4 Å². The SMILES string of the molecule is c1ccc(-c2cccc(-c3nc(-c4cccc(-n5c6ccccc6c6ccccc65)c4)nc(-c4cccc5c4oc4ccccc45)n3)c2)cc1. The standard InChI is InChI=1S/C45H28N4O/c1-2-13-29(14-3-1)30-15-10-16-31(27-30)43-46-44(48-45(47-43)38-23-12-22-37-36-21-6-9-26-41(36)50-42(37)38)32-17-11-18-33(28-32)49-39-24-7-4-19-34(39)35-20-5-8-25-40(35)49/h1-28H. The highest BCUT2D eigenvalue weighted by molar-refractivity contribution is 6.10. The van der Waals surface area contributed by atoms with Gasteiger partial charge in [-0.05, 0) is 53.6 Å². The second kappa shape index (κ2) is 11.4. The number of aromatic nitrogens is 4. The largest absolute Gasteiger partial charge is 0.455 e. The molecule has 10 rings (SSSR count). The molecule has 0 radical (unpaired) electrons. The van der Waals surface area contributed by atoms with Crippen LogP contribution in [0.3, 0.4) is 0 Å². The molecule has 0 fully saturated rings. The summed E-state index contributed by atoms with van der Waals surface area (Å²) in [5, 5.41) is 4.53. The molecule has 0 aliphatic heterocycles. The van der Waals surface area contributed by atoms with Crippen LogP contribution >= 0.6 is 0 Å². The zero-order chi connectivity index (χ0) is 33.0. The summed E-state index contributed by atoms with van der Waals surface area (Å²) in [5.41, 5.74) is 9.78. The van der Waals surface area contributed by atoms with Gasteiger partial charge >= 0.3 is 0 Å². The quantitative estimate of drug-likeness (QED) is 0.188. The fraction of sp³-hybridized carbons (Fsp3) is 0. The summed E-state index contributed by atoms with van der Waals surface area (Å²) >= 11 is 0. The van der Waals surface area contributed by atoms with Crippen LogP contribution < -0.4 is 0 Å². The number of furan rings is 1. The van der Waals surface area contributed by atoms with Crippen molar-refractivity contribution in [3.8, 4) is 51.0 Å². The maximum absolute atomic E-state index is 6.45. The van der Waals surface area contributed by atoms with Gasteiger partial charge < -0.3 is 8.98 Å². The van der Waals surface area contributed by atoms with E-state index in [-0.39, 0.29) is 0 Å². The predicted molar refractivity (Wildman–Crippen MR) is 203 cm³/mol. The van der Waals surface area contributed by atoms with Crippen molar-refractivity contribution in [1.82, 2.24) is 19.5 Å². The number of fused-ring (bicyclic) bond motifs is 6. The van der Waals surface area contributed by atoms with Gasteiger partial charge in [-0.15, -0.1) is 0 Å². The zero-order valence-corrected chi connectivity index (χ0v) is 26.9. The van der Waals surface area contributed by atoms with Crippen molar-refractivity contribution in [3.05, 3.63) is 170 Å². The molecule has 0 bridgehead atoms. The molecule has 0 aliphatic rings. The van der Waals surface area contributed by atoms with Gasteiger partial charge in [0.1, 0.15) is 11.2 Å². The lowest BCUT2D eigenvalue weighted by Gasteiger charge is -2.12. The Hall–Kier alpha value is -6.85. The van der Waals surface area contributed by atoms with Crippen LogP contribution in [0.2, 0.25) is 0 Å². The molecule has 0 saturated carbocycles. The second-order valence-electron chi connectivity index (χ2n) is 12.5. The van der Waals surface area contributed by atoms with Crippen LogP contribution in [0.4, 0.5) is 0 Å². The Morgan fingerprint density at radius 3 is 1.68 bits per heavy atom. The smallest absolute Gasteiger partial charge is 0.167 e. The first-order chi connectivity index (χ1) is 24.8. The molecule has 3 heterocycles. The van der Waals surface area contributed by atoms with E-state index >= 15 is 0 Å². The van der Waals surface area contributed by atoms with Crippen LogP contribution in [-0.4, -0.2) is 19.5 Å². The number of hydrogen-bond acceptors (Lipinski definition) is 4. The normalized spacial score (nSPS) is 11.6. The van der Waals surface area contributed by atoms with E-state index in [1.165, 1.54) is 10.8 Å². The Labute approximate surface area is 287 Å². The van der Waals surface area contributed by atoms with Crippen LogP contribution in [0.1, 0.15) is 0 Å². The predicted octanol–water partition coefficient (Wildman–Crippen LogP) is 11.5. The van der Waals surface area contributed by atoms with E-state index in [2.05, 4.69) is 138 Å². The Kier molecular flexibility index (Phi) is 6.42. The first kappa shape index (κ1) is 28.2. The summed E-state index contributed by atoms with van der Waals surface area (Å²) in [5.74, 6) is 1.74. The minimum absolute atomic E-state index is 0.557. The van der Waals surface area contributed by atoms with E-state index in [9.17, 15) is 0 Å². The summed E-state index contributed by atoms with van der Waals surface area (Å²) in [6.07, 6.45) is 0. The molecule has 0 amide bonds. The minimum Gasteiger partial charge on any atom is -0.455 e. The van der Waals surface area contributed by atoms with Crippen molar-refractivity contribution < 1.29 is 4.42 Å². The first-order valence-electron chi connectivity index (χ1n) is 16.7. The molecular formula is C45H28N4O. The Balaban J connectivity index is 1.19. The highest BCUT2D eigenvalue weighted by Gasteiger charge is 2.19. The summed E-state index contributed by atoms with van der Waals surface area (Å²) in [6.45, 7) is 0. The van der Waals surface area contributed by atoms with Gasteiger partial charge in [0.05, 0.1) is 16.6 Å². The molecule has 0 unspecified atom stereocenters. The summed E-state index contributed by atoms with van der Waals surface area (Å²) in [4.78, 5) is 15.4. The highest BCUT2D eigenvalue weighted by atomic mass is 16.3. The fourth-order valence-corrected chi connectivity index (χ4v) is 7.13. The van der Waals surface area contributed by atoms with Crippen molar-refractivity contribution in [2.24, 2.45) is 0 Å². The van der Waals surface area contributed by atoms with E-state index in [1.54, 1.807) is 0 Å². The van der Waals surface area contributed by atoms with Gasteiger partial charge in [-0.2, -0.15) is 0 Å². The Bertz CT molecular complexity index is 2830. The average Bonchev–Trinajstić information content (AvgIpc) is 3.74. The topological polar surface area (TPSA) is 56.7 Å². The van der Waals surface area contributed by atoms with E-state index in [1.807, 2.05) is 36.4 Å². The molecule has 0 N–H and O–H groups in total. The van der Waals surface area contributed by atoms with Gasteiger partial charge in [0, 0.05) is 38.4 Å². The van der Waals surface area contributed by atoms with Gasteiger partial charge in [0.25, 0.3) is 0 Å². The molecule has 0 aliphatic carbocycles. The van der Waals surface area contributed by atoms with Gasteiger partial charge in [-0.3, -0.25) is 0 Å². The molecule has 7 aromatic carbocycles. The summed E-state index contributed by atoms with van der Waals surface area (Å²) < 4.78 is 8.77. The highest BCUT2D eigenvalue weighted by Crippen LogP contribution is 2.37. The lowest BCUT2D eigenvalue weighted by atomic mass is 10.0. The minimum atomic E-state index is 0.557. The molecule has 0 atom stereocenters. The van der Waals surface area contributed by atoms with Crippen molar-refractivity contribution in [1.29, 1.82) is 0 Å². The average molecular weight is 641 g/mol. The van der Waals surface area contributed by atoms with Crippen LogP contribution in [-0.2, 0) is 0 Å². The molecule has 10 aromatic rings. The molecule has 3 aromatic heterocycles. The van der Waals surface area contributed by atoms with Crippen LogP contribution in [0.15, 0.2) is 174 Å². The Morgan fingerprint density at radius 1 is 0.380 bits per heavy atom. The van der Waals surface area contributed by atoms with E-state index < -0.39 is 0 Å². The third-order valence-electron chi connectivity index (χ3n) is 9.45. The summed E-state index contributed by atoms with van der Waals surface area (Å²) in [7, 11) is 0. The monoisotopic (exact) mass is 640 g/mol. The molecule has 0 spiro atoms. The Morgan fingerprint density at radius 2 is 0.920 bits per heavy atom. The third kappa shape index (κ3) is 4.60. The van der Waals surface area contributed by atoms with Crippen LogP contribution in [0.5, 0.6) is 0 Å². The van der Waals surface area contributed by atoms with E-state index in [0.29, 0.717) is 17.5 Å². The number of nitrogens with zero attached hydrogens (tertiary/aromatic N) is 4. The van der Waals surface area contributed by atoms with E-state index in [0.717, 1.165) is 66.5 Å². The number of benzene rings is 7. The van der Waals surface area contributed by atoms with Crippen molar-refractivity contribution in [2.75, 3.05) is 0 Å². The van der Waals surface area contributed by atoms with Gasteiger partial charge in [-0.1, -0.05) is 127 Å². The van der Waals surface area contributed by atoms with Crippen molar-refractivity contribution in [3.63, 3.8) is 0 Å². The molecular weight excluding hydrogens is 613 g/mol. The molecule has 234 valence electrons. The van der Waals surface area contributed by atoms with Gasteiger partial charge in [-0.25, -0.2) is 15.0 Å². The maximum atomic E-state index is 6.45. The molecule has 5 nitrogen and oxygen atoms in total. The third-order valence-corrected chi connectivity index (χ3v) is 9.45. The molecule has 50 heavy (non-hydrogen) atoms. The molecule has 0 saturated heterocycles. The zero-order valence-electron chi connectivity index (χ0n) is 26.9. The van der Waals surface area contributed by atoms with Crippen molar-refractivity contribution >= 4 is 43.7 Å². The van der Waals surface area contributed by atoms with Gasteiger partial charge in [0.2, 0.25) is 0 Å². The summed E-state index contributed by atoms with van der Waals surface area (Å²) in [6, 6.07) is 58.6. The fourth-order valence-electron chi connectivity index (χ4n) is 7.13. The van der Waals surface area contributed by atoms with Crippen LogP contribution in [0.25, 0.3) is 94.7 Å².